The largest absolute Gasteiger partial charge is 0.363 e. The molecular formula is C28H25N5O. The van der Waals surface area contributed by atoms with E-state index >= 15 is 0 Å². The van der Waals surface area contributed by atoms with Gasteiger partial charge in [-0.05, 0) is 47.9 Å². The van der Waals surface area contributed by atoms with E-state index in [2.05, 4.69) is 33.1 Å². The predicted molar refractivity (Wildman–Crippen MR) is 131 cm³/mol. The summed E-state index contributed by atoms with van der Waals surface area (Å²) >= 11 is 0. The van der Waals surface area contributed by atoms with Crippen LogP contribution in [-0.2, 0) is 19.5 Å². The summed E-state index contributed by atoms with van der Waals surface area (Å²) in [5.74, 6) is -0.00164. The van der Waals surface area contributed by atoms with Crippen molar-refractivity contribution >= 4 is 11.6 Å². The molecule has 6 heteroatoms. The Morgan fingerprint density at radius 3 is 2.53 bits per heavy atom. The Bertz CT molecular complexity index is 1300. The summed E-state index contributed by atoms with van der Waals surface area (Å²) in [6.45, 7) is 1.73. The molecule has 0 saturated heterocycles. The zero-order valence-electron chi connectivity index (χ0n) is 18.8. The van der Waals surface area contributed by atoms with Crippen LogP contribution in [0.25, 0.3) is 0 Å². The number of rotatable bonds is 5. The fourth-order valence-corrected chi connectivity index (χ4v) is 4.63. The third kappa shape index (κ3) is 4.55. The van der Waals surface area contributed by atoms with Gasteiger partial charge in [0.05, 0.1) is 36.2 Å². The second kappa shape index (κ2) is 9.63. The van der Waals surface area contributed by atoms with Gasteiger partial charge in [0, 0.05) is 30.5 Å². The number of benzene rings is 3. The SMILES string of the molecule is N#Cc1ccc2c(c1)CN(C(=O)c1ccccc1)[C@H](Cc1ccccc1)CN2Cc1cnc[nH]1. The lowest BCUT2D eigenvalue weighted by Gasteiger charge is -2.33. The van der Waals surface area contributed by atoms with Gasteiger partial charge in [-0.15, -0.1) is 0 Å². The topological polar surface area (TPSA) is 76.0 Å². The molecule has 1 aromatic heterocycles. The maximum absolute atomic E-state index is 13.8. The molecule has 0 saturated carbocycles. The number of nitriles is 1. The Balaban J connectivity index is 1.58. The van der Waals surface area contributed by atoms with Crippen LogP contribution in [0.4, 0.5) is 5.69 Å². The van der Waals surface area contributed by atoms with Crippen molar-refractivity contribution in [1.29, 1.82) is 5.26 Å². The van der Waals surface area contributed by atoms with Crippen molar-refractivity contribution in [2.45, 2.75) is 25.6 Å². The van der Waals surface area contributed by atoms with Crippen LogP contribution in [0.5, 0.6) is 0 Å². The van der Waals surface area contributed by atoms with E-state index in [1.165, 1.54) is 5.56 Å². The molecule has 0 aliphatic carbocycles. The number of nitrogens with zero attached hydrogens (tertiary/aromatic N) is 4. The smallest absolute Gasteiger partial charge is 0.254 e. The molecule has 1 atom stereocenters. The molecule has 6 nitrogen and oxygen atoms in total. The van der Waals surface area contributed by atoms with Crippen LogP contribution in [-0.4, -0.2) is 33.4 Å². The molecular weight excluding hydrogens is 422 g/mol. The van der Waals surface area contributed by atoms with Gasteiger partial charge in [0.2, 0.25) is 0 Å². The Morgan fingerprint density at radius 2 is 1.82 bits per heavy atom. The van der Waals surface area contributed by atoms with Crippen molar-refractivity contribution in [2.75, 3.05) is 11.4 Å². The highest BCUT2D eigenvalue weighted by Crippen LogP contribution is 2.31. The summed E-state index contributed by atoms with van der Waals surface area (Å²) in [5, 5.41) is 9.53. The van der Waals surface area contributed by atoms with Gasteiger partial charge in [0.15, 0.2) is 0 Å². The summed E-state index contributed by atoms with van der Waals surface area (Å²) in [7, 11) is 0. The van der Waals surface area contributed by atoms with Gasteiger partial charge in [-0.2, -0.15) is 5.26 Å². The van der Waals surface area contributed by atoms with Crippen LogP contribution in [0.1, 0.15) is 32.7 Å². The average molecular weight is 448 g/mol. The van der Waals surface area contributed by atoms with Gasteiger partial charge < -0.3 is 14.8 Å². The highest BCUT2D eigenvalue weighted by atomic mass is 16.2. The van der Waals surface area contributed by atoms with Gasteiger partial charge >= 0.3 is 0 Å². The first-order valence-corrected chi connectivity index (χ1v) is 11.4. The third-order valence-corrected chi connectivity index (χ3v) is 6.27. The molecule has 2 heterocycles. The van der Waals surface area contributed by atoms with Crippen LogP contribution in [0.15, 0.2) is 91.4 Å². The summed E-state index contributed by atoms with van der Waals surface area (Å²) in [6.07, 6.45) is 4.24. The van der Waals surface area contributed by atoms with E-state index in [9.17, 15) is 10.1 Å². The molecule has 0 radical (unpaired) electrons. The molecule has 34 heavy (non-hydrogen) atoms. The zero-order valence-corrected chi connectivity index (χ0v) is 18.8. The molecule has 0 bridgehead atoms. The fourth-order valence-electron chi connectivity index (χ4n) is 4.63. The quantitative estimate of drug-likeness (QED) is 0.487. The number of hydrogen-bond donors (Lipinski definition) is 1. The molecule has 0 spiro atoms. The van der Waals surface area contributed by atoms with Gasteiger partial charge in [0.25, 0.3) is 5.91 Å². The molecule has 1 aliphatic rings. The number of aromatic nitrogens is 2. The van der Waals surface area contributed by atoms with Crippen molar-refractivity contribution in [3.8, 4) is 6.07 Å². The number of imidazole rings is 1. The van der Waals surface area contributed by atoms with Crippen molar-refractivity contribution in [3.63, 3.8) is 0 Å². The minimum Gasteiger partial charge on any atom is -0.363 e. The Kier molecular flexibility index (Phi) is 6.09. The van der Waals surface area contributed by atoms with E-state index in [-0.39, 0.29) is 11.9 Å². The van der Waals surface area contributed by atoms with Crippen molar-refractivity contribution < 1.29 is 4.79 Å². The number of carbonyl (C=O) groups excluding carboxylic acids is 1. The molecule has 1 aliphatic heterocycles. The fraction of sp³-hybridized carbons (Fsp3) is 0.179. The lowest BCUT2D eigenvalue weighted by atomic mass is 10.0. The van der Waals surface area contributed by atoms with E-state index in [0.717, 1.165) is 23.4 Å². The number of fused-ring (bicyclic) bond motifs is 1. The number of H-pyrrole nitrogens is 1. The monoisotopic (exact) mass is 447 g/mol. The van der Waals surface area contributed by atoms with E-state index in [1.807, 2.05) is 77.8 Å². The molecule has 0 unspecified atom stereocenters. The van der Waals surface area contributed by atoms with Gasteiger partial charge in [-0.25, -0.2) is 4.98 Å². The minimum absolute atomic E-state index is 0.00164. The van der Waals surface area contributed by atoms with E-state index in [0.29, 0.717) is 30.8 Å². The number of carbonyl (C=O) groups is 1. The van der Waals surface area contributed by atoms with Crippen molar-refractivity contribution in [1.82, 2.24) is 14.9 Å². The molecule has 5 rings (SSSR count). The van der Waals surface area contributed by atoms with E-state index in [4.69, 9.17) is 0 Å². The van der Waals surface area contributed by atoms with Gasteiger partial charge in [-0.1, -0.05) is 48.5 Å². The lowest BCUT2D eigenvalue weighted by molar-refractivity contribution is 0.0670. The molecule has 3 aromatic carbocycles. The van der Waals surface area contributed by atoms with Crippen LogP contribution in [0.2, 0.25) is 0 Å². The van der Waals surface area contributed by atoms with Crippen LogP contribution in [0, 0.1) is 11.3 Å². The Labute approximate surface area is 199 Å². The molecule has 1 amide bonds. The van der Waals surface area contributed by atoms with Crippen molar-refractivity contribution in [2.24, 2.45) is 0 Å². The number of nitrogens with one attached hydrogen (secondary N) is 1. The van der Waals surface area contributed by atoms with Crippen molar-refractivity contribution in [3.05, 3.63) is 119 Å². The second-order valence-electron chi connectivity index (χ2n) is 8.56. The van der Waals surface area contributed by atoms with E-state index < -0.39 is 0 Å². The van der Waals surface area contributed by atoms with Crippen LogP contribution in [0.3, 0.4) is 0 Å². The maximum atomic E-state index is 13.8. The number of aromatic amines is 1. The van der Waals surface area contributed by atoms with E-state index in [1.54, 1.807) is 6.33 Å². The van der Waals surface area contributed by atoms with Crippen LogP contribution < -0.4 is 4.90 Å². The summed E-state index contributed by atoms with van der Waals surface area (Å²) in [4.78, 5) is 25.4. The molecule has 4 aromatic rings. The molecule has 0 fully saturated rings. The molecule has 168 valence electrons. The van der Waals surface area contributed by atoms with Gasteiger partial charge in [0.1, 0.15) is 0 Å². The lowest BCUT2D eigenvalue weighted by Crippen LogP contribution is -2.45. The minimum atomic E-state index is -0.0593. The average Bonchev–Trinajstić information content (AvgIpc) is 3.35. The zero-order chi connectivity index (χ0) is 23.3. The second-order valence-corrected chi connectivity index (χ2v) is 8.56. The Hall–Kier alpha value is -4.37. The standard InChI is InChI=1S/C28H25N5O/c29-15-22-11-12-27-24(13-22)17-33(28(34)23-9-5-2-6-10-23)26(14-21-7-3-1-4-8-21)19-32(27)18-25-16-30-20-31-25/h1-13,16,20,26H,14,17-19H2,(H,30,31)/t26-/m1/s1. The first-order valence-electron chi connectivity index (χ1n) is 11.4. The summed E-state index contributed by atoms with van der Waals surface area (Å²) in [5.41, 5.74) is 5.45. The third-order valence-electron chi connectivity index (χ3n) is 6.27. The highest BCUT2D eigenvalue weighted by Gasteiger charge is 2.32. The predicted octanol–water partition coefficient (Wildman–Crippen LogP) is 4.56. The normalized spacial score (nSPS) is 15.3. The summed E-state index contributed by atoms with van der Waals surface area (Å²) < 4.78 is 0. The number of anilines is 1. The van der Waals surface area contributed by atoms with Crippen LogP contribution >= 0.6 is 0 Å². The Morgan fingerprint density at radius 1 is 1.06 bits per heavy atom. The first-order chi connectivity index (χ1) is 16.7. The first kappa shape index (κ1) is 21.5. The number of amides is 1. The highest BCUT2D eigenvalue weighted by molar-refractivity contribution is 5.94. The summed E-state index contributed by atoms with van der Waals surface area (Å²) in [6, 6.07) is 27.7. The molecule has 1 N–H and O–H groups in total. The number of hydrogen-bond acceptors (Lipinski definition) is 4. The van der Waals surface area contributed by atoms with Gasteiger partial charge in [-0.3, -0.25) is 4.79 Å². The maximum Gasteiger partial charge on any atom is 0.254 e.